The van der Waals surface area contributed by atoms with Gasteiger partial charge in [0.05, 0.1) is 7.11 Å². The summed E-state index contributed by atoms with van der Waals surface area (Å²) in [6.07, 6.45) is 4.98. The van der Waals surface area contributed by atoms with E-state index in [1.165, 1.54) is 6.42 Å². The first-order valence-corrected chi connectivity index (χ1v) is 7.38. The highest BCUT2D eigenvalue weighted by atomic mass is 16.5. The van der Waals surface area contributed by atoms with Crippen LogP contribution in [0.5, 0.6) is 5.75 Å². The molecule has 1 heterocycles. The molecule has 112 valence electrons. The molecule has 0 radical (unpaired) electrons. The van der Waals surface area contributed by atoms with Gasteiger partial charge >= 0.3 is 0 Å². The van der Waals surface area contributed by atoms with Crippen molar-refractivity contribution in [1.82, 2.24) is 10.1 Å². The van der Waals surface area contributed by atoms with E-state index in [1.807, 2.05) is 24.3 Å². The molecule has 0 atom stereocenters. The Morgan fingerprint density at radius 1 is 1.33 bits per heavy atom. The molecule has 1 aliphatic carbocycles. The van der Waals surface area contributed by atoms with Crippen LogP contribution in [-0.2, 0) is 12.8 Å². The Balaban J connectivity index is 1.70. The minimum absolute atomic E-state index is 0.189. The van der Waals surface area contributed by atoms with Crippen molar-refractivity contribution in [1.29, 1.82) is 0 Å². The lowest BCUT2D eigenvalue weighted by Crippen LogP contribution is -2.39. The zero-order chi connectivity index (χ0) is 14.7. The van der Waals surface area contributed by atoms with E-state index in [1.54, 1.807) is 7.11 Å². The quantitative estimate of drug-likeness (QED) is 0.882. The summed E-state index contributed by atoms with van der Waals surface area (Å²) in [4.78, 5) is 4.51. The van der Waals surface area contributed by atoms with Crippen LogP contribution < -0.4 is 10.5 Å². The maximum atomic E-state index is 5.88. The van der Waals surface area contributed by atoms with Crippen LogP contribution in [0.2, 0.25) is 0 Å². The predicted molar refractivity (Wildman–Crippen MR) is 79.1 cm³/mol. The number of para-hydroxylation sites is 1. The molecule has 1 aromatic carbocycles. The molecule has 0 unspecified atom stereocenters. The average Bonchev–Trinajstić information content (AvgIpc) is 2.91. The highest BCUT2D eigenvalue weighted by molar-refractivity contribution is 5.35. The van der Waals surface area contributed by atoms with Gasteiger partial charge in [-0.25, -0.2) is 0 Å². The van der Waals surface area contributed by atoms with Crippen molar-refractivity contribution in [2.75, 3.05) is 13.7 Å². The second kappa shape index (κ2) is 5.85. The number of aromatic nitrogens is 2. The second-order valence-electron chi connectivity index (χ2n) is 5.83. The zero-order valence-corrected chi connectivity index (χ0v) is 12.3. The molecule has 0 spiro atoms. The van der Waals surface area contributed by atoms with E-state index in [-0.39, 0.29) is 5.41 Å². The third-order valence-corrected chi connectivity index (χ3v) is 4.42. The fourth-order valence-corrected chi connectivity index (χ4v) is 2.90. The van der Waals surface area contributed by atoms with E-state index >= 15 is 0 Å². The number of hydrogen-bond acceptors (Lipinski definition) is 5. The van der Waals surface area contributed by atoms with Gasteiger partial charge in [0.25, 0.3) is 0 Å². The standard InChI is InChI=1S/C16H21N3O2/c1-20-13-6-3-2-5-12(13)9-14-18-15(21-19-14)10-16(11-17)7-4-8-16/h2-3,5-6H,4,7-11,17H2,1H3. The summed E-state index contributed by atoms with van der Waals surface area (Å²) in [6, 6.07) is 7.89. The third-order valence-electron chi connectivity index (χ3n) is 4.42. The molecule has 0 amide bonds. The molecule has 0 aliphatic heterocycles. The molecule has 2 aromatic rings. The Labute approximate surface area is 124 Å². The van der Waals surface area contributed by atoms with Gasteiger partial charge in [-0.3, -0.25) is 0 Å². The number of rotatable bonds is 6. The van der Waals surface area contributed by atoms with Gasteiger partial charge in [0.15, 0.2) is 5.82 Å². The number of methoxy groups -OCH3 is 1. The molecule has 1 aromatic heterocycles. The van der Waals surface area contributed by atoms with E-state index in [2.05, 4.69) is 10.1 Å². The van der Waals surface area contributed by atoms with Crippen molar-refractivity contribution in [3.8, 4) is 5.75 Å². The SMILES string of the molecule is COc1ccccc1Cc1noc(CC2(CN)CCC2)n1. The van der Waals surface area contributed by atoms with Gasteiger partial charge in [0, 0.05) is 18.4 Å². The van der Waals surface area contributed by atoms with Gasteiger partial charge in [0.1, 0.15) is 5.75 Å². The smallest absolute Gasteiger partial charge is 0.227 e. The molecule has 0 saturated heterocycles. The Hall–Kier alpha value is -1.88. The number of benzene rings is 1. The Bertz CT molecular complexity index is 600. The molecule has 3 rings (SSSR count). The van der Waals surface area contributed by atoms with Gasteiger partial charge in [0.2, 0.25) is 5.89 Å². The van der Waals surface area contributed by atoms with E-state index in [0.717, 1.165) is 30.6 Å². The number of hydrogen-bond donors (Lipinski definition) is 1. The number of ether oxygens (including phenoxy) is 1. The maximum absolute atomic E-state index is 5.88. The van der Waals surface area contributed by atoms with Crippen LogP contribution in [0.3, 0.4) is 0 Å². The van der Waals surface area contributed by atoms with Crippen LogP contribution in [0.1, 0.15) is 36.5 Å². The van der Waals surface area contributed by atoms with Crippen molar-refractivity contribution < 1.29 is 9.26 Å². The van der Waals surface area contributed by atoms with Crippen LogP contribution in [0.25, 0.3) is 0 Å². The highest BCUT2D eigenvalue weighted by Crippen LogP contribution is 2.42. The topological polar surface area (TPSA) is 74.2 Å². The monoisotopic (exact) mass is 287 g/mol. The maximum Gasteiger partial charge on any atom is 0.227 e. The van der Waals surface area contributed by atoms with Crippen LogP contribution in [0, 0.1) is 5.41 Å². The van der Waals surface area contributed by atoms with Crippen LogP contribution in [-0.4, -0.2) is 23.8 Å². The minimum Gasteiger partial charge on any atom is -0.496 e. The fourth-order valence-electron chi connectivity index (χ4n) is 2.90. The second-order valence-corrected chi connectivity index (χ2v) is 5.83. The van der Waals surface area contributed by atoms with Crippen molar-refractivity contribution in [3.05, 3.63) is 41.5 Å². The molecule has 1 saturated carbocycles. The third kappa shape index (κ3) is 2.93. The molecular formula is C16H21N3O2. The van der Waals surface area contributed by atoms with Gasteiger partial charge in [-0.2, -0.15) is 4.98 Å². The summed E-state index contributed by atoms with van der Waals surface area (Å²) in [5.41, 5.74) is 7.13. The van der Waals surface area contributed by atoms with E-state index < -0.39 is 0 Å². The van der Waals surface area contributed by atoms with Crippen LogP contribution in [0.4, 0.5) is 0 Å². The summed E-state index contributed by atoms with van der Waals surface area (Å²) in [7, 11) is 1.67. The molecule has 1 fully saturated rings. The Morgan fingerprint density at radius 3 is 2.81 bits per heavy atom. The normalized spacial score (nSPS) is 16.5. The molecular weight excluding hydrogens is 266 g/mol. The first-order chi connectivity index (χ1) is 10.2. The Kier molecular flexibility index (Phi) is 3.92. The van der Waals surface area contributed by atoms with E-state index in [9.17, 15) is 0 Å². The summed E-state index contributed by atoms with van der Waals surface area (Å²) < 4.78 is 10.7. The molecule has 5 heteroatoms. The van der Waals surface area contributed by atoms with Crippen molar-refractivity contribution >= 4 is 0 Å². The first-order valence-electron chi connectivity index (χ1n) is 7.38. The molecule has 2 N–H and O–H groups in total. The van der Waals surface area contributed by atoms with Crippen molar-refractivity contribution in [2.45, 2.75) is 32.1 Å². The fraction of sp³-hybridized carbons (Fsp3) is 0.500. The largest absolute Gasteiger partial charge is 0.496 e. The van der Waals surface area contributed by atoms with Gasteiger partial charge in [-0.1, -0.05) is 29.8 Å². The average molecular weight is 287 g/mol. The van der Waals surface area contributed by atoms with E-state index in [0.29, 0.717) is 24.7 Å². The zero-order valence-electron chi connectivity index (χ0n) is 12.3. The van der Waals surface area contributed by atoms with Crippen molar-refractivity contribution in [3.63, 3.8) is 0 Å². The predicted octanol–water partition coefficient (Wildman–Crippen LogP) is 2.34. The lowest BCUT2D eigenvalue weighted by atomic mass is 9.67. The first kappa shape index (κ1) is 14.1. The van der Waals surface area contributed by atoms with Gasteiger partial charge in [-0.15, -0.1) is 0 Å². The minimum atomic E-state index is 0.189. The van der Waals surface area contributed by atoms with Crippen LogP contribution in [0.15, 0.2) is 28.8 Å². The lowest BCUT2D eigenvalue weighted by Gasteiger charge is -2.39. The summed E-state index contributed by atoms with van der Waals surface area (Å²) in [5, 5.41) is 4.08. The summed E-state index contributed by atoms with van der Waals surface area (Å²) in [5.74, 6) is 2.24. The molecule has 21 heavy (non-hydrogen) atoms. The highest BCUT2D eigenvalue weighted by Gasteiger charge is 2.37. The number of nitrogens with zero attached hydrogens (tertiary/aromatic N) is 2. The van der Waals surface area contributed by atoms with Gasteiger partial charge in [-0.05, 0) is 30.9 Å². The summed E-state index contributed by atoms with van der Waals surface area (Å²) >= 11 is 0. The molecule has 5 nitrogen and oxygen atoms in total. The summed E-state index contributed by atoms with van der Waals surface area (Å²) in [6.45, 7) is 0.692. The number of nitrogens with two attached hydrogens (primary N) is 1. The van der Waals surface area contributed by atoms with Crippen molar-refractivity contribution in [2.24, 2.45) is 11.1 Å². The molecule has 1 aliphatic rings. The molecule has 0 bridgehead atoms. The Morgan fingerprint density at radius 2 is 2.14 bits per heavy atom. The van der Waals surface area contributed by atoms with Gasteiger partial charge < -0.3 is 15.0 Å². The lowest BCUT2D eigenvalue weighted by molar-refractivity contribution is 0.129. The van der Waals surface area contributed by atoms with Crippen LogP contribution >= 0.6 is 0 Å². The van der Waals surface area contributed by atoms with E-state index in [4.69, 9.17) is 15.0 Å².